The molecule has 0 radical (unpaired) electrons. The van der Waals surface area contributed by atoms with E-state index >= 15 is 0 Å². The molecule has 0 N–H and O–H groups in total. The molecular formula is C41H45N3. The number of rotatable bonds is 5. The first-order valence-electron chi connectivity index (χ1n) is 15.7. The van der Waals surface area contributed by atoms with Crippen molar-refractivity contribution in [3.63, 3.8) is 0 Å². The molecule has 0 bridgehead atoms. The lowest BCUT2D eigenvalue weighted by molar-refractivity contribution is 0.560. The molecule has 3 nitrogen and oxygen atoms in total. The fourth-order valence-corrected chi connectivity index (χ4v) is 6.70. The zero-order valence-electron chi connectivity index (χ0n) is 27.7. The second-order valence-electron chi connectivity index (χ2n) is 14.3. The van der Waals surface area contributed by atoms with E-state index in [0.29, 0.717) is 0 Å². The molecule has 0 unspecified atom stereocenters. The van der Waals surface area contributed by atoms with Gasteiger partial charge in [0.05, 0.1) is 11.0 Å². The van der Waals surface area contributed by atoms with E-state index in [1.54, 1.807) is 0 Å². The van der Waals surface area contributed by atoms with Crippen LogP contribution in [0.15, 0.2) is 109 Å². The number of benzene rings is 5. The van der Waals surface area contributed by atoms with Crippen LogP contribution >= 0.6 is 0 Å². The Balaban J connectivity index is 1.65. The lowest BCUT2D eigenvalue weighted by atomic mass is 10.0. The second kappa shape index (κ2) is 10.9. The van der Waals surface area contributed by atoms with Gasteiger partial charge in [-0.3, -0.25) is 0 Å². The molecule has 0 aliphatic heterocycles. The maximum absolute atomic E-state index is 2.47. The van der Waals surface area contributed by atoms with Crippen molar-refractivity contribution in [2.45, 2.75) is 73.4 Å². The van der Waals surface area contributed by atoms with Crippen molar-refractivity contribution in [2.24, 2.45) is 0 Å². The van der Waals surface area contributed by atoms with Crippen LogP contribution in [-0.4, -0.2) is 15.6 Å². The van der Waals surface area contributed by atoms with E-state index in [1.165, 1.54) is 66.9 Å². The van der Waals surface area contributed by atoms with Crippen molar-refractivity contribution < 1.29 is 0 Å². The van der Waals surface area contributed by atoms with Gasteiger partial charge in [0.2, 0.25) is 0 Å². The zero-order valence-corrected chi connectivity index (χ0v) is 27.7. The Morgan fingerprint density at radius 3 is 1.20 bits per heavy atom. The van der Waals surface area contributed by atoms with Crippen LogP contribution in [-0.2, 0) is 0 Å². The lowest BCUT2D eigenvalue weighted by Crippen LogP contribution is -2.37. The maximum atomic E-state index is 2.47. The molecule has 0 saturated heterocycles. The van der Waals surface area contributed by atoms with Gasteiger partial charge in [0.25, 0.3) is 0 Å². The van der Waals surface area contributed by atoms with Crippen LogP contribution in [0.3, 0.4) is 0 Å². The first-order chi connectivity index (χ1) is 20.8. The topological polar surface area (TPSA) is 11.4 Å². The van der Waals surface area contributed by atoms with Gasteiger partial charge in [-0.05, 0) is 152 Å². The summed E-state index contributed by atoms with van der Waals surface area (Å²) in [5.74, 6) is 0. The van der Waals surface area contributed by atoms with E-state index in [1.807, 2.05) is 0 Å². The summed E-state index contributed by atoms with van der Waals surface area (Å²) >= 11 is 0. The van der Waals surface area contributed by atoms with E-state index in [0.717, 1.165) is 0 Å². The molecule has 0 spiro atoms. The van der Waals surface area contributed by atoms with Gasteiger partial charge in [-0.15, -0.1) is 0 Å². The summed E-state index contributed by atoms with van der Waals surface area (Å²) in [7, 11) is 0. The average molecular weight is 580 g/mol. The van der Waals surface area contributed by atoms with Crippen LogP contribution < -0.4 is 9.80 Å². The van der Waals surface area contributed by atoms with E-state index < -0.39 is 0 Å². The van der Waals surface area contributed by atoms with Crippen molar-refractivity contribution >= 4 is 44.6 Å². The van der Waals surface area contributed by atoms with Crippen molar-refractivity contribution in [2.75, 3.05) is 9.80 Å². The normalized spacial score (nSPS) is 12.2. The molecule has 1 aromatic heterocycles. The minimum Gasteiger partial charge on any atom is -0.336 e. The fourth-order valence-electron chi connectivity index (χ4n) is 6.70. The molecule has 6 rings (SSSR count). The number of nitrogens with zero attached hydrogens (tertiary/aromatic N) is 3. The number of hydrogen-bond donors (Lipinski definition) is 0. The zero-order chi connectivity index (χ0) is 31.4. The average Bonchev–Trinajstić information content (AvgIpc) is 3.25. The van der Waals surface area contributed by atoms with Crippen LogP contribution in [0.1, 0.15) is 58.2 Å². The van der Waals surface area contributed by atoms with Crippen LogP contribution in [0.25, 0.3) is 27.5 Å². The molecule has 224 valence electrons. The van der Waals surface area contributed by atoms with Gasteiger partial charge in [0.1, 0.15) is 0 Å². The molecule has 0 aliphatic carbocycles. The number of anilines is 4. The first-order valence-corrected chi connectivity index (χ1v) is 15.7. The van der Waals surface area contributed by atoms with E-state index in [4.69, 9.17) is 0 Å². The largest absolute Gasteiger partial charge is 0.336 e. The molecule has 0 fully saturated rings. The van der Waals surface area contributed by atoms with Crippen LogP contribution in [0.4, 0.5) is 22.7 Å². The van der Waals surface area contributed by atoms with Crippen molar-refractivity contribution in [3.8, 4) is 5.69 Å². The van der Waals surface area contributed by atoms with Crippen molar-refractivity contribution in [1.29, 1.82) is 0 Å². The summed E-state index contributed by atoms with van der Waals surface area (Å²) in [6.07, 6.45) is 0. The summed E-state index contributed by atoms with van der Waals surface area (Å²) < 4.78 is 2.42. The van der Waals surface area contributed by atoms with Gasteiger partial charge >= 0.3 is 0 Å². The van der Waals surface area contributed by atoms with E-state index in [9.17, 15) is 0 Å². The first kappa shape index (κ1) is 29.6. The number of hydrogen-bond acceptors (Lipinski definition) is 2. The molecular weight excluding hydrogens is 534 g/mol. The highest BCUT2D eigenvalue weighted by Gasteiger charge is 2.27. The summed E-state index contributed by atoms with van der Waals surface area (Å²) in [6.45, 7) is 20.2. The Labute approximate surface area is 263 Å². The summed E-state index contributed by atoms with van der Waals surface area (Å²) in [6, 6.07) is 40.5. The molecule has 44 heavy (non-hydrogen) atoms. The van der Waals surface area contributed by atoms with Gasteiger partial charge in [-0.2, -0.15) is 0 Å². The predicted octanol–water partition coefficient (Wildman–Crippen LogP) is 11.6. The molecule has 6 aromatic rings. The van der Waals surface area contributed by atoms with Crippen molar-refractivity contribution in [1.82, 2.24) is 4.57 Å². The lowest BCUT2D eigenvalue weighted by Gasteiger charge is -2.38. The summed E-state index contributed by atoms with van der Waals surface area (Å²) in [5, 5.41) is 2.50. The Morgan fingerprint density at radius 1 is 0.432 bits per heavy atom. The second-order valence-corrected chi connectivity index (χ2v) is 14.3. The third-order valence-corrected chi connectivity index (χ3v) is 8.37. The van der Waals surface area contributed by atoms with Gasteiger partial charge < -0.3 is 14.4 Å². The third-order valence-electron chi connectivity index (χ3n) is 8.37. The minimum atomic E-state index is -0.115. The van der Waals surface area contributed by atoms with Gasteiger partial charge in [-0.25, -0.2) is 0 Å². The van der Waals surface area contributed by atoms with Crippen LogP contribution in [0.5, 0.6) is 0 Å². The smallest absolute Gasteiger partial charge is 0.0542 e. The van der Waals surface area contributed by atoms with Gasteiger partial charge in [0, 0.05) is 50.3 Å². The van der Waals surface area contributed by atoms with Gasteiger partial charge in [-0.1, -0.05) is 36.4 Å². The number of aryl methyl sites for hydroxylation is 3. The third kappa shape index (κ3) is 5.48. The molecule has 1 heterocycles. The SMILES string of the molecule is Cc1cccc(N(c2ccc3c(c2)c2cc(N(c4cccc(C)c4)C(C)(C)C)ccc2n3-c2cccc(C)c2)C(C)(C)C)c1. The number of fused-ring (bicyclic) bond motifs is 3. The standard InChI is InChI=1S/C41H45N3/c1-28-13-10-16-31(23-28)42-38-21-19-34(43(40(4,5)6)32-17-11-14-29(2)24-32)26-36(38)37-27-35(20-22-39(37)42)44(41(7,8)9)33-18-12-15-30(3)25-33/h10-27H,1-9H3. The van der Waals surface area contributed by atoms with E-state index in [-0.39, 0.29) is 11.1 Å². The molecule has 5 aromatic carbocycles. The van der Waals surface area contributed by atoms with E-state index in [2.05, 4.69) is 186 Å². The minimum absolute atomic E-state index is 0.115. The van der Waals surface area contributed by atoms with Crippen molar-refractivity contribution in [3.05, 3.63) is 126 Å². The Bertz CT molecular complexity index is 1860. The Hall–Kier alpha value is -4.50. The molecule has 0 atom stereocenters. The van der Waals surface area contributed by atoms with Crippen LogP contribution in [0.2, 0.25) is 0 Å². The fraction of sp³-hybridized carbons (Fsp3) is 0.268. The number of aromatic nitrogens is 1. The molecule has 3 heteroatoms. The summed E-state index contributed by atoms with van der Waals surface area (Å²) in [5.41, 5.74) is 11.9. The maximum Gasteiger partial charge on any atom is 0.0542 e. The monoisotopic (exact) mass is 579 g/mol. The van der Waals surface area contributed by atoms with Crippen LogP contribution in [0, 0.1) is 20.8 Å². The predicted molar refractivity (Wildman–Crippen MR) is 192 cm³/mol. The highest BCUT2D eigenvalue weighted by atomic mass is 15.2. The molecule has 0 aliphatic rings. The molecule has 0 amide bonds. The summed E-state index contributed by atoms with van der Waals surface area (Å²) in [4.78, 5) is 4.93. The highest BCUT2D eigenvalue weighted by Crippen LogP contribution is 2.42. The highest BCUT2D eigenvalue weighted by molar-refractivity contribution is 6.11. The Kier molecular flexibility index (Phi) is 7.32. The molecule has 0 saturated carbocycles. The van der Waals surface area contributed by atoms with Gasteiger partial charge in [0.15, 0.2) is 0 Å². The Morgan fingerprint density at radius 2 is 0.818 bits per heavy atom. The quantitative estimate of drug-likeness (QED) is 0.201.